The second-order valence-corrected chi connectivity index (χ2v) is 4.19. The first kappa shape index (κ1) is 9.46. The van der Waals surface area contributed by atoms with E-state index in [1.165, 1.54) is 18.2 Å². The van der Waals surface area contributed by atoms with Crippen LogP contribution in [0.1, 0.15) is 25.3 Å². The highest BCUT2D eigenvalue weighted by molar-refractivity contribution is 5.32. The van der Waals surface area contributed by atoms with E-state index >= 15 is 0 Å². The Bertz CT molecular complexity index is 347. The Morgan fingerprint density at radius 2 is 2.21 bits per heavy atom. The summed E-state index contributed by atoms with van der Waals surface area (Å²) in [6, 6.07) is 4.02. The molecule has 0 spiro atoms. The maximum absolute atomic E-state index is 12.8. The summed E-state index contributed by atoms with van der Waals surface area (Å²) < 4.78 is 12.8. The summed E-state index contributed by atoms with van der Waals surface area (Å²) >= 11 is 0. The summed E-state index contributed by atoms with van der Waals surface area (Å²) in [4.78, 5) is 0. The molecule has 0 aromatic heterocycles. The highest BCUT2D eigenvalue weighted by atomic mass is 19.1. The molecule has 0 amide bonds. The first-order valence-electron chi connectivity index (χ1n) is 4.81. The monoisotopic (exact) mass is 195 g/mol. The van der Waals surface area contributed by atoms with Crippen LogP contribution in [-0.4, -0.2) is 10.6 Å². The van der Waals surface area contributed by atoms with Crippen LogP contribution in [0.2, 0.25) is 0 Å². The minimum atomic E-state index is -0.305. The van der Waals surface area contributed by atoms with Gasteiger partial charge in [-0.05, 0) is 38.0 Å². The van der Waals surface area contributed by atoms with Gasteiger partial charge in [-0.15, -0.1) is 0 Å². The third kappa shape index (κ3) is 2.04. The van der Waals surface area contributed by atoms with Crippen molar-refractivity contribution in [2.24, 2.45) is 0 Å². The lowest BCUT2D eigenvalue weighted by Crippen LogP contribution is -2.27. The first-order chi connectivity index (χ1) is 6.59. The van der Waals surface area contributed by atoms with Crippen LogP contribution in [0.4, 0.5) is 4.39 Å². The molecule has 1 aromatic carbocycles. The molecule has 1 aromatic rings. The van der Waals surface area contributed by atoms with E-state index in [2.05, 4.69) is 12.2 Å². The van der Waals surface area contributed by atoms with Crippen molar-refractivity contribution in [3.63, 3.8) is 0 Å². The summed E-state index contributed by atoms with van der Waals surface area (Å²) in [5, 5.41) is 12.7. The normalized spacial score (nSPS) is 18.1. The van der Waals surface area contributed by atoms with Crippen molar-refractivity contribution in [3.05, 3.63) is 29.6 Å². The van der Waals surface area contributed by atoms with Gasteiger partial charge in [-0.3, -0.25) is 0 Å². The molecule has 1 aliphatic rings. The lowest BCUT2D eigenvalue weighted by atomic mass is 10.2. The van der Waals surface area contributed by atoms with E-state index in [0.29, 0.717) is 12.1 Å². The van der Waals surface area contributed by atoms with Crippen LogP contribution in [0.5, 0.6) is 5.75 Å². The zero-order valence-electron chi connectivity index (χ0n) is 8.18. The van der Waals surface area contributed by atoms with E-state index in [0.717, 1.165) is 12.8 Å². The fraction of sp³-hybridized carbons (Fsp3) is 0.455. The van der Waals surface area contributed by atoms with Crippen molar-refractivity contribution < 1.29 is 9.50 Å². The van der Waals surface area contributed by atoms with Crippen molar-refractivity contribution in [1.29, 1.82) is 0 Å². The lowest BCUT2D eigenvalue weighted by Gasteiger charge is -2.12. The molecule has 0 heterocycles. The van der Waals surface area contributed by atoms with E-state index in [1.54, 1.807) is 0 Å². The highest BCUT2D eigenvalue weighted by Gasteiger charge is 2.36. The number of phenols is 1. The van der Waals surface area contributed by atoms with Gasteiger partial charge in [-0.25, -0.2) is 4.39 Å². The van der Waals surface area contributed by atoms with Crippen molar-refractivity contribution in [2.45, 2.75) is 31.8 Å². The van der Waals surface area contributed by atoms with E-state index in [9.17, 15) is 9.50 Å². The Balaban J connectivity index is 2.04. The van der Waals surface area contributed by atoms with Gasteiger partial charge >= 0.3 is 0 Å². The summed E-state index contributed by atoms with van der Waals surface area (Å²) in [7, 11) is 0. The maximum atomic E-state index is 12.8. The molecule has 2 rings (SSSR count). The molecule has 2 N–H and O–H groups in total. The molecular weight excluding hydrogens is 181 g/mol. The van der Waals surface area contributed by atoms with Crippen LogP contribution in [-0.2, 0) is 6.54 Å². The van der Waals surface area contributed by atoms with E-state index in [-0.39, 0.29) is 17.1 Å². The van der Waals surface area contributed by atoms with Gasteiger partial charge in [0.05, 0.1) is 0 Å². The SMILES string of the molecule is CC1(NCc2cc(F)ccc2O)CC1. The Morgan fingerprint density at radius 3 is 2.86 bits per heavy atom. The Hall–Kier alpha value is -1.09. The molecule has 2 nitrogen and oxygen atoms in total. The minimum Gasteiger partial charge on any atom is -0.508 e. The van der Waals surface area contributed by atoms with Gasteiger partial charge in [-0.2, -0.15) is 0 Å². The minimum absolute atomic E-state index is 0.156. The fourth-order valence-corrected chi connectivity index (χ4v) is 1.37. The van der Waals surface area contributed by atoms with Gasteiger partial charge in [0.1, 0.15) is 11.6 Å². The molecule has 0 bridgehead atoms. The smallest absolute Gasteiger partial charge is 0.123 e. The molecule has 1 saturated carbocycles. The average molecular weight is 195 g/mol. The van der Waals surface area contributed by atoms with Gasteiger partial charge < -0.3 is 10.4 Å². The Labute approximate surface area is 82.8 Å². The predicted molar refractivity (Wildman–Crippen MR) is 52.5 cm³/mol. The van der Waals surface area contributed by atoms with Crippen LogP contribution >= 0.6 is 0 Å². The average Bonchev–Trinajstić information content (AvgIpc) is 2.87. The van der Waals surface area contributed by atoms with Crippen molar-refractivity contribution in [2.75, 3.05) is 0 Å². The number of halogens is 1. The highest BCUT2D eigenvalue weighted by Crippen LogP contribution is 2.35. The summed E-state index contributed by atoms with van der Waals surface area (Å²) in [5.74, 6) is -0.149. The Kier molecular flexibility index (Phi) is 2.19. The van der Waals surface area contributed by atoms with E-state index in [1.807, 2.05) is 0 Å². The second-order valence-electron chi connectivity index (χ2n) is 4.19. The van der Waals surface area contributed by atoms with E-state index in [4.69, 9.17) is 0 Å². The molecule has 0 saturated heterocycles. The molecule has 0 aliphatic heterocycles. The molecule has 0 atom stereocenters. The fourth-order valence-electron chi connectivity index (χ4n) is 1.37. The molecule has 0 unspecified atom stereocenters. The van der Waals surface area contributed by atoms with Gasteiger partial charge in [-0.1, -0.05) is 0 Å². The largest absolute Gasteiger partial charge is 0.508 e. The van der Waals surface area contributed by atoms with Crippen molar-refractivity contribution in [3.8, 4) is 5.75 Å². The quantitative estimate of drug-likeness (QED) is 0.774. The molecule has 0 radical (unpaired) electrons. The second kappa shape index (κ2) is 3.24. The van der Waals surface area contributed by atoms with Crippen LogP contribution < -0.4 is 5.32 Å². The standard InChI is InChI=1S/C11H14FNO/c1-11(4-5-11)13-7-8-6-9(12)2-3-10(8)14/h2-3,6,13-14H,4-5,7H2,1H3. The molecular formula is C11H14FNO. The van der Waals surface area contributed by atoms with Crippen molar-refractivity contribution in [1.82, 2.24) is 5.32 Å². The number of rotatable bonds is 3. The summed E-state index contributed by atoms with van der Waals surface area (Å²) in [6.07, 6.45) is 2.31. The summed E-state index contributed by atoms with van der Waals surface area (Å²) in [5.41, 5.74) is 0.830. The van der Waals surface area contributed by atoms with Crippen LogP contribution in [0.25, 0.3) is 0 Å². The number of benzene rings is 1. The van der Waals surface area contributed by atoms with Crippen LogP contribution in [0, 0.1) is 5.82 Å². The maximum Gasteiger partial charge on any atom is 0.123 e. The lowest BCUT2D eigenvalue weighted by molar-refractivity contribution is 0.454. The van der Waals surface area contributed by atoms with Crippen molar-refractivity contribution >= 4 is 0 Å². The molecule has 14 heavy (non-hydrogen) atoms. The Morgan fingerprint density at radius 1 is 1.50 bits per heavy atom. The number of hydrogen-bond acceptors (Lipinski definition) is 2. The third-order valence-corrected chi connectivity index (χ3v) is 2.75. The zero-order chi connectivity index (χ0) is 10.2. The first-order valence-corrected chi connectivity index (χ1v) is 4.81. The predicted octanol–water partition coefficient (Wildman–Crippen LogP) is 2.17. The molecule has 76 valence electrons. The molecule has 1 fully saturated rings. The zero-order valence-corrected chi connectivity index (χ0v) is 8.18. The van der Waals surface area contributed by atoms with Crippen LogP contribution in [0.15, 0.2) is 18.2 Å². The van der Waals surface area contributed by atoms with Gasteiger partial charge in [0.15, 0.2) is 0 Å². The van der Waals surface area contributed by atoms with Gasteiger partial charge in [0, 0.05) is 17.6 Å². The number of hydrogen-bond donors (Lipinski definition) is 2. The van der Waals surface area contributed by atoms with Crippen LogP contribution in [0.3, 0.4) is 0 Å². The number of aromatic hydroxyl groups is 1. The van der Waals surface area contributed by atoms with E-state index < -0.39 is 0 Å². The summed E-state index contributed by atoms with van der Waals surface area (Å²) in [6.45, 7) is 2.66. The molecule has 3 heteroatoms. The third-order valence-electron chi connectivity index (χ3n) is 2.75. The topological polar surface area (TPSA) is 32.3 Å². The number of nitrogens with one attached hydrogen (secondary N) is 1. The molecule has 1 aliphatic carbocycles. The van der Waals surface area contributed by atoms with Gasteiger partial charge in [0.25, 0.3) is 0 Å². The van der Waals surface area contributed by atoms with Gasteiger partial charge in [0.2, 0.25) is 0 Å². The number of phenolic OH excluding ortho intramolecular Hbond substituents is 1.